The number of ether oxygens (including phenoxy) is 2. The molecule has 1 aromatic heterocycles. The van der Waals surface area contributed by atoms with Crippen LogP contribution in [0.25, 0.3) is 10.9 Å². The van der Waals surface area contributed by atoms with E-state index < -0.39 is 0 Å². The maximum absolute atomic E-state index is 5.51. The van der Waals surface area contributed by atoms with Gasteiger partial charge >= 0.3 is 0 Å². The van der Waals surface area contributed by atoms with Crippen molar-refractivity contribution in [3.8, 4) is 0 Å². The fraction of sp³-hybridized carbons (Fsp3) is 0.467. The Labute approximate surface area is 113 Å². The molecule has 0 radical (unpaired) electrons. The van der Waals surface area contributed by atoms with Crippen LogP contribution in [0.3, 0.4) is 0 Å². The summed E-state index contributed by atoms with van der Waals surface area (Å²) in [5.74, 6) is 0. The zero-order valence-electron chi connectivity index (χ0n) is 11.5. The Hall–Kier alpha value is -1.36. The van der Waals surface area contributed by atoms with Crippen molar-refractivity contribution in [1.82, 2.24) is 9.47 Å². The van der Waals surface area contributed by atoms with Gasteiger partial charge in [-0.3, -0.25) is 4.90 Å². The molecule has 2 heterocycles. The highest BCUT2D eigenvalue weighted by molar-refractivity contribution is 5.81. The number of hydrogen-bond donors (Lipinski definition) is 0. The third-order valence-corrected chi connectivity index (χ3v) is 3.82. The lowest BCUT2D eigenvalue weighted by molar-refractivity contribution is -0.166. The molecule has 1 saturated heterocycles. The van der Waals surface area contributed by atoms with Crippen molar-refractivity contribution in [1.29, 1.82) is 0 Å². The summed E-state index contributed by atoms with van der Waals surface area (Å²) in [7, 11) is 3.83. The minimum atomic E-state index is -0.0940. The summed E-state index contributed by atoms with van der Waals surface area (Å²) >= 11 is 0. The van der Waals surface area contributed by atoms with Gasteiger partial charge in [-0.25, -0.2) is 0 Å². The van der Waals surface area contributed by atoms with Gasteiger partial charge in [-0.15, -0.1) is 0 Å². The number of nitrogens with zero attached hydrogens (tertiary/aromatic N) is 2. The van der Waals surface area contributed by atoms with Gasteiger partial charge in [0, 0.05) is 45.0 Å². The summed E-state index contributed by atoms with van der Waals surface area (Å²) in [6, 6.07) is 10.8. The average Bonchev–Trinajstić information content (AvgIpc) is 2.76. The molecule has 0 spiro atoms. The van der Waals surface area contributed by atoms with Crippen LogP contribution in [0.15, 0.2) is 30.3 Å². The predicted octanol–water partition coefficient (Wildman–Crippen LogP) is 1.98. The van der Waals surface area contributed by atoms with E-state index in [2.05, 4.69) is 46.8 Å². The van der Waals surface area contributed by atoms with Gasteiger partial charge in [-0.1, -0.05) is 18.2 Å². The minimum absolute atomic E-state index is 0.0940. The first kappa shape index (κ1) is 12.7. The number of rotatable bonds is 3. The molecule has 0 N–H and O–H groups in total. The lowest BCUT2D eigenvalue weighted by Gasteiger charge is -2.31. The second-order valence-corrected chi connectivity index (χ2v) is 5.02. The van der Waals surface area contributed by atoms with Crippen LogP contribution in [0, 0.1) is 0 Å². The van der Waals surface area contributed by atoms with Crippen molar-refractivity contribution < 1.29 is 9.47 Å². The second-order valence-electron chi connectivity index (χ2n) is 5.02. The highest BCUT2D eigenvalue weighted by Crippen LogP contribution is 2.20. The van der Waals surface area contributed by atoms with Crippen LogP contribution < -0.4 is 0 Å². The Morgan fingerprint density at radius 1 is 1.37 bits per heavy atom. The summed E-state index contributed by atoms with van der Waals surface area (Å²) in [5.41, 5.74) is 2.62. The lowest BCUT2D eigenvalue weighted by Crippen LogP contribution is -2.42. The van der Waals surface area contributed by atoms with Crippen LogP contribution in [-0.4, -0.2) is 42.6 Å². The molecular weight excluding hydrogens is 240 g/mol. The van der Waals surface area contributed by atoms with Crippen LogP contribution >= 0.6 is 0 Å². The van der Waals surface area contributed by atoms with Crippen LogP contribution in [0.2, 0.25) is 0 Å². The van der Waals surface area contributed by atoms with E-state index in [4.69, 9.17) is 9.47 Å². The molecule has 1 fully saturated rings. The highest BCUT2D eigenvalue weighted by atomic mass is 16.7. The van der Waals surface area contributed by atoms with Gasteiger partial charge < -0.3 is 14.0 Å². The van der Waals surface area contributed by atoms with Gasteiger partial charge in [0.05, 0.1) is 6.61 Å². The molecule has 1 aliphatic heterocycles. The number of morpholine rings is 1. The van der Waals surface area contributed by atoms with E-state index in [1.165, 1.54) is 16.6 Å². The maximum Gasteiger partial charge on any atom is 0.169 e. The Balaban J connectivity index is 1.79. The molecule has 1 aliphatic rings. The fourth-order valence-corrected chi connectivity index (χ4v) is 2.68. The van der Waals surface area contributed by atoms with E-state index in [-0.39, 0.29) is 6.29 Å². The molecule has 1 unspecified atom stereocenters. The molecule has 0 aliphatic carbocycles. The summed E-state index contributed by atoms with van der Waals surface area (Å²) in [4.78, 5) is 2.38. The summed E-state index contributed by atoms with van der Waals surface area (Å²) < 4.78 is 13.1. The van der Waals surface area contributed by atoms with Crippen molar-refractivity contribution in [2.24, 2.45) is 7.05 Å². The Kier molecular flexibility index (Phi) is 3.55. The molecule has 4 heteroatoms. The number of fused-ring (bicyclic) bond motifs is 1. The smallest absolute Gasteiger partial charge is 0.169 e. The first-order valence-corrected chi connectivity index (χ1v) is 6.68. The van der Waals surface area contributed by atoms with Gasteiger partial charge in [0.25, 0.3) is 0 Å². The standard InChI is InChI=1S/C15H20N2O2/c1-16-13(9-12-5-3-4-6-14(12)16)10-17-7-8-19-15(11-17)18-2/h3-6,9,15H,7-8,10-11H2,1-2H3. The number of aryl methyl sites for hydroxylation is 1. The van der Waals surface area contributed by atoms with Gasteiger partial charge in [-0.2, -0.15) is 0 Å². The Bertz CT molecular complexity index is 564. The molecule has 0 saturated carbocycles. The van der Waals surface area contributed by atoms with Gasteiger partial charge in [0.1, 0.15) is 0 Å². The van der Waals surface area contributed by atoms with Crippen molar-refractivity contribution in [2.75, 3.05) is 26.8 Å². The quantitative estimate of drug-likeness (QED) is 0.844. The van der Waals surface area contributed by atoms with E-state index in [0.29, 0.717) is 0 Å². The number of aromatic nitrogens is 1. The number of hydrogen-bond acceptors (Lipinski definition) is 3. The van der Waals surface area contributed by atoms with E-state index in [1.807, 2.05) is 0 Å². The number of para-hydroxylation sites is 1. The second kappa shape index (κ2) is 5.33. The third-order valence-electron chi connectivity index (χ3n) is 3.82. The number of benzene rings is 1. The zero-order chi connectivity index (χ0) is 13.2. The molecule has 0 amide bonds. The van der Waals surface area contributed by atoms with Crippen molar-refractivity contribution >= 4 is 10.9 Å². The third kappa shape index (κ3) is 2.52. The van der Waals surface area contributed by atoms with Gasteiger partial charge in [0.2, 0.25) is 0 Å². The normalized spacial score (nSPS) is 21.1. The molecular formula is C15H20N2O2. The Morgan fingerprint density at radius 2 is 2.21 bits per heavy atom. The lowest BCUT2D eigenvalue weighted by atomic mass is 10.2. The Morgan fingerprint density at radius 3 is 3.00 bits per heavy atom. The van der Waals surface area contributed by atoms with Gasteiger partial charge in [0.15, 0.2) is 6.29 Å². The van der Waals surface area contributed by atoms with Crippen molar-refractivity contribution in [3.05, 3.63) is 36.0 Å². The predicted molar refractivity (Wildman–Crippen MR) is 74.9 cm³/mol. The summed E-state index contributed by atoms with van der Waals surface area (Å²) in [6.45, 7) is 3.47. The topological polar surface area (TPSA) is 26.6 Å². The van der Waals surface area contributed by atoms with Crippen LogP contribution in [0.4, 0.5) is 0 Å². The molecule has 3 rings (SSSR count). The molecule has 1 aromatic carbocycles. The van der Waals surface area contributed by atoms with Crippen molar-refractivity contribution in [2.45, 2.75) is 12.8 Å². The maximum atomic E-state index is 5.51. The first-order valence-electron chi connectivity index (χ1n) is 6.68. The molecule has 1 atom stereocenters. The summed E-state index contributed by atoms with van der Waals surface area (Å²) in [5, 5.41) is 1.30. The van der Waals surface area contributed by atoms with Crippen LogP contribution in [0.5, 0.6) is 0 Å². The average molecular weight is 260 g/mol. The largest absolute Gasteiger partial charge is 0.355 e. The fourth-order valence-electron chi connectivity index (χ4n) is 2.68. The first-order chi connectivity index (χ1) is 9.28. The highest BCUT2D eigenvalue weighted by Gasteiger charge is 2.20. The summed E-state index contributed by atoms with van der Waals surface area (Å²) in [6.07, 6.45) is -0.0940. The van der Waals surface area contributed by atoms with E-state index in [0.717, 1.165) is 26.2 Å². The molecule has 4 nitrogen and oxygen atoms in total. The van der Waals surface area contributed by atoms with Gasteiger partial charge in [-0.05, 0) is 17.5 Å². The van der Waals surface area contributed by atoms with E-state index in [1.54, 1.807) is 7.11 Å². The molecule has 19 heavy (non-hydrogen) atoms. The van der Waals surface area contributed by atoms with Crippen LogP contribution in [0.1, 0.15) is 5.69 Å². The van der Waals surface area contributed by atoms with Crippen LogP contribution in [-0.2, 0) is 23.1 Å². The minimum Gasteiger partial charge on any atom is -0.355 e. The zero-order valence-corrected chi connectivity index (χ0v) is 11.5. The molecule has 102 valence electrons. The SMILES string of the molecule is COC1CN(Cc2cc3ccccc3n2C)CCO1. The number of methoxy groups -OCH3 is 1. The molecule has 2 aromatic rings. The van der Waals surface area contributed by atoms with E-state index >= 15 is 0 Å². The molecule has 0 bridgehead atoms. The monoisotopic (exact) mass is 260 g/mol. The van der Waals surface area contributed by atoms with Crippen molar-refractivity contribution in [3.63, 3.8) is 0 Å². The van der Waals surface area contributed by atoms with E-state index in [9.17, 15) is 0 Å².